The van der Waals surface area contributed by atoms with Gasteiger partial charge < -0.3 is 5.32 Å². The Kier molecular flexibility index (Phi) is 6.47. The summed E-state index contributed by atoms with van der Waals surface area (Å²) in [4.78, 5) is 19.6. The largest absolute Gasteiger partial charge is 0.352 e. The van der Waals surface area contributed by atoms with Crippen molar-refractivity contribution in [3.05, 3.63) is 87.4 Å². The van der Waals surface area contributed by atoms with Crippen LogP contribution in [0.1, 0.15) is 41.3 Å². The molecule has 0 spiro atoms. The smallest absolute Gasteiger partial charge is 0.251 e. The van der Waals surface area contributed by atoms with Crippen molar-refractivity contribution in [3.8, 4) is 0 Å². The SMILES string of the molecule is CCCCNC(=O)c1ccc2c(c1)N=C(c1ccc(Cl)cc1Cl)c1ccccc1S2. The predicted octanol–water partition coefficient (Wildman–Crippen LogP) is 7.16. The van der Waals surface area contributed by atoms with Crippen LogP contribution in [0.25, 0.3) is 0 Å². The molecule has 0 unspecified atom stereocenters. The fourth-order valence-electron chi connectivity index (χ4n) is 3.25. The topological polar surface area (TPSA) is 41.5 Å². The summed E-state index contributed by atoms with van der Waals surface area (Å²) in [7, 11) is 0. The first-order chi connectivity index (χ1) is 14.6. The maximum atomic E-state index is 12.6. The van der Waals surface area contributed by atoms with Crippen molar-refractivity contribution in [3.63, 3.8) is 0 Å². The molecule has 1 N–H and O–H groups in total. The van der Waals surface area contributed by atoms with Gasteiger partial charge in [-0.15, -0.1) is 0 Å². The Bertz CT molecular complexity index is 1140. The highest BCUT2D eigenvalue weighted by Gasteiger charge is 2.21. The average Bonchev–Trinajstić information content (AvgIpc) is 2.90. The van der Waals surface area contributed by atoms with Gasteiger partial charge in [-0.3, -0.25) is 4.79 Å². The fourth-order valence-corrected chi connectivity index (χ4v) is 4.75. The van der Waals surface area contributed by atoms with Crippen LogP contribution in [0.4, 0.5) is 5.69 Å². The molecule has 0 aliphatic carbocycles. The highest BCUT2D eigenvalue weighted by atomic mass is 35.5. The van der Waals surface area contributed by atoms with Crippen molar-refractivity contribution in [2.24, 2.45) is 4.99 Å². The molecule has 1 amide bonds. The Balaban J connectivity index is 1.82. The summed E-state index contributed by atoms with van der Waals surface area (Å²) < 4.78 is 0. The molecule has 0 aromatic heterocycles. The van der Waals surface area contributed by atoms with Crippen molar-refractivity contribution in [2.45, 2.75) is 29.6 Å². The van der Waals surface area contributed by atoms with Gasteiger partial charge in [-0.25, -0.2) is 4.99 Å². The van der Waals surface area contributed by atoms with Crippen LogP contribution >= 0.6 is 35.0 Å². The number of hydrogen-bond acceptors (Lipinski definition) is 3. The van der Waals surface area contributed by atoms with Crippen LogP contribution in [0.3, 0.4) is 0 Å². The lowest BCUT2D eigenvalue weighted by Gasteiger charge is -2.10. The van der Waals surface area contributed by atoms with Crippen molar-refractivity contribution >= 4 is 52.3 Å². The number of unbranched alkanes of at least 4 members (excludes halogenated alkanes) is 1. The molecule has 0 fully saturated rings. The number of halogens is 2. The third-order valence-corrected chi connectivity index (χ3v) is 6.51. The number of fused-ring (bicyclic) bond motifs is 2. The Labute approximate surface area is 190 Å². The monoisotopic (exact) mass is 454 g/mol. The third-order valence-electron chi connectivity index (χ3n) is 4.82. The van der Waals surface area contributed by atoms with Crippen LogP contribution in [-0.4, -0.2) is 18.2 Å². The van der Waals surface area contributed by atoms with E-state index in [1.54, 1.807) is 17.8 Å². The Morgan fingerprint density at radius 2 is 1.83 bits per heavy atom. The first-order valence-electron chi connectivity index (χ1n) is 9.80. The average molecular weight is 455 g/mol. The Hall–Kier alpha value is -2.27. The first-order valence-corrected chi connectivity index (χ1v) is 11.4. The molecule has 1 heterocycles. The summed E-state index contributed by atoms with van der Waals surface area (Å²) in [6, 6.07) is 19.2. The highest BCUT2D eigenvalue weighted by molar-refractivity contribution is 7.99. The lowest BCUT2D eigenvalue weighted by atomic mass is 10.0. The summed E-state index contributed by atoms with van der Waals surface area (Å²) in [6.07, 6.45) is 1.99. The molecule has 0 atom stereocenters. The molecule has 0 saturated carbocycles. The number of aliphatic imine (C=N–C) groups is 1. The van der Waals surface area contributed by atoms with Gasteiger partial charge in [0.05, 0.1) is 16.4 Å². The molecule has 1 aliphatic heterocycles. The normalized spacial score (nSPS) is 12.4. The van der Waals surface area contributed by atoms with Crippen molar-refractivity contribution in [1.29, 1.82) is 0 Å². The number of hydrogen-bond donors (Lipinski definition) is 1. The second-order valence-corrected chi connectivity index (χ2v) is 8.90. The van der Waals surface area contributed by atoms with E-state index < -0.39 is 0 Å². The summed E-state index contributed by atoms with van der Waals surface area (Å²) in [5, 5.41) is 4.08. The van der Waals surface area contributed by atoms with Crippen molar-refractivity contribution in [1.82, 2.24) is 5.32 Å². The van der Waals surface area contributed by atoms with Gasteiger partial charge in [0, 0.05) is 38.0 Å². The molecule has 3 nitrogen and oxygen atoms in total. The van der Waals surface area contributed by atoms with Gasteiger partial charge >= 0.3 is 0 Å². The minimum Gasteiger partial charge on any atom is -0.352 e. The van der Waals surface area contributed by atoms with Crippen LogP contribution in [0, 0.1) is 0 Å². The van der Waals surface area contributed by atoms with Gasteiger partial charge in [0.15, 0.2) is 0 Å². The molecular formula is C24H20Cl2N2OS. The van der Waals surface area contributed by atoms with E-state index in [1.165, 1.54) is 0 Å². The van der Waals surface area contributed by atoms with E-state index >= 15 is 0 Å². The standard InChI is InChI=1S/C24H20Cl2N2OS/c1-2-3-12-27-24(29)15-8-11-22-20(13-15)28-23(17-10-9-16(25)14-19(17)26)18-6-4-5-7-21(18)30-22/h4-11,13-14H,2-3,12H2,1H3,(H,27,29). The van der Waals surface area contributed by atoms with Gasteiger partial charge in [0.1, 0.15) is 0 Å². The zero-order valence-electron chi connectivity index (χ0n) is 16.4. The molecular weight excluding hydrogens is 435 g/mol. The molecule has 152 valence electrons. The molecule has 4 rings (SSSR count). The van der Waals surface area contributed by atoms with Gasteiger partial charge in [0.25, 0.3) is 5.91 Å². The first kappa shape index (κ1) is 21.0. The van der Waals surface area contributed by atoms with Crippen LogP contribution in [0.2, 0.25) is 10.0 Å². The van der Waals surface area contributed by atoms with Crippen LogP contribution in [0.5, 0.6) is 0 Å². The zero-order valence-corrected chi connectivity index (χ0v) is 18.7. The van der Waals surface area contributed by atoms with E-state index in [-0.39, 0.29) is 5.91 Å². The summed E-state index contributed by atoms with van der Waals surface area (Å²) >= 11 is 14.3. The van der Waals surface area contributed by atoms with Crippen LogP contribution in [0.15, 0.2) is 75.4 Å². The quantitative estimate of drug-likeness (QED) is 0.325. The number of rotatable bonds is 5. The summed E-state index contributed by atoms with van der Waals surface area (Å²) in [5.41, 5.74) is 3.92. The van der Waals surface area contributed by atoms with E-state index in [4.69, 9.17) is 28.2 Å². The van der Waals surface area contributed by atoms with Crippen LogP contribution in [-0.2, 0) is 0 Å². The number of benzene rings is 3. The number of carbonyl (C=O) groups is 1. The summed E-state index contributed by atoms with van der Waals surface area (Å²) in [5.74, 6) is -0.0840. The molecule has 3 aromatic carbocycles. The molecule has 1 aliphatic rings. The molecule has 0 saturated heterocycles. The molecule has 0 radical (unpaired) electrons. The zero-order chi connectivity index (χ0) is 21.1. The minimum absolute atomic E-state index is 0.0840. The maximum Gasteiger partial charge on any atom is 0.251 e. The number of carbonyl (C=O) groups excluding carboxylic acids is 1. The minimum atomic E-state index is -0.0840. The van der Waals surface area contributed by atoms with Crippen molar-refractivity contribution < 1.29 is 4.79 Å². The predicted molar refractivity (Wildman–Crippen MR) is 126 cm³/mol. The Morgan fingerprint density at radius 1 is 1.00 bits per heavy atom. The van der Waals surface area contributed by atoms with E-state index in [1.807, 2.05) is 48.5 Å². The molecule has 6 heteroatoms. The fraction of sp³-hybridized carbons (Fsp3) is 0.167. The van der Waals surface area contributed by atoms with Gasteiger partial charge in [0.2, 0.25) is 0 Å². The molecule has 30 heavy (non-hydrogen) atoms. The van der Waals surface area contributed by atoms with E-state index in [0.717, 1.165) is 45.2 Å². The summed E-state index contributed by atoms with van der Waals surface area (Å²) in [6.45, 7) is 2.77. The number of nitrogens with zero attached hydrogens (tertiary/aromatic N) is 1. The number of nitrogens with one attached hydrogen (secondary N) is 1. The third kappa shape index (κ3) is 4.41. The second-order valence-electron chi connectivity index (χ2n) is 6.97. The number of amides is 1. The van der Waals surface area contributed by atoms with E-state index in [0.29, 0.717) is 22.2 Å². The van der Waals surface area contributed by atoms with E-state index in [2.05, 4.69) is 18.3 Å². The van der Waals surface area contributed by atoms with Crippen molar-refractivity contribution in [2.75, 3.05) is 6.54 Å². The second kappa shape index (κ2) is 9.25. The van der Waals surface area contributed by atoms with Gasteiger partial charge in [-0.1, -0.05) is 66.5 Å². The highest BCUT2D eigenvalue weighted by Crippen LogP contribution is 2.42. The van der Waals surface area contributed by atoms with Crippen LogP contribution < -0.4 is 5.32 Å². The lowest BCUT2D eigenvalue weighted by Crippen LogP contribution is -2.24. The molecule has 0 bridgehead atoms. The Morgan fingerprint density at radius 3 is 2.63 bits per heavy atom. The van der Waals surface area contributed by atoms with Gasteiger partial charge in [-0.2, -0.15) is 0 Å². The van der Waals surface area contributed by atoms with Gasteiger partial charge in [-0.05, 0) is 48.9 Å². The lowest BCUT2D eigenvalue weighted by molar-refractivity contribution is 0.0953. The molecule has 3 aromatic rings. The maximum absolute atomic E-state index is 12.6. The van der Waals surface area contributed by atoms with E-state index in [9.17, 15) is 4.79 Å².